The van der Waals surface area contributed by atoms with Gasteiger partial charge in [0.15, 0.2) is 0 Å². The van der Waals surface area contributed by atoms with Crippen LogP contribution in [0, 0.1) is 0 Å². The van der Waals surface area contributed by atoms with E-state index in [-0.39, 0.29) is 30.1 Å². The van der Waals surface area contributed by atoms with Crippen LogP contribution in [0.15, 0.2) is 42.5 Å². The van der Waals surface area contributed by atoms with E-state index in [2.05, 4.69) is 10.3 Å². The molecule has 4 rings (SSSR count). The SMILES string of the molecule is Cn1c(CNC(=O)c2cc(N3CCCC3=O)cc(C(F)(F)F)c2)nc2ccccc21. The standard InChI is InChI=1S/C21H19F3N4O2/c1-27-17-6-3-2-5-16(17)26-18(27)12-25-20(30)13-9-14(21(22,23)24)11-15(10-13)28-8-4-7-19(28)29/h2-3,5-6,9-11H,4,7-8,12H2,1H3,(H,25,30). The lowest BCUT2D eigenvalue weighted by Crippen LogP contribution is -2.27. The van der Waals surface area contributed by atoms with Gasteiger partial charge in [0.2, 0.25) is 5.91 Å². The van der Waals surface area contributed by atoms with E-state index in [9.17, 15) is 22.8 Å². The number of rotatable bonds is 4. The number of anilines is 1. The molecule has 2 amide bonds. The van der Waals surface area contributed by atoms with Crippen LogP contribution < -0.4 is 10.2 Å². The summed E-state index contributed by atoms with van der Waals surface area (Å²) in [5.74, 6) is -0.340. The molecule has 1 aliphatic rings. The molecule has 0 saturated carbocycles. The summed E-state index contributed by atoms with van der Waals surface area (Å²) < 4.78 is 41.9. The predicted octanol–water partition coefficient (Wildman–Crippen LogP) is 3.65. The molecule has 2 aromatic carbocycles. The number of para-hydroxylation sites is 2. The van der Waals surface area contributed by atoms with Crippen LogP contribution in [-0.2, 0) is 24.6 Å². The fraction of sp³-hybridized carbons (Fsp3) is 0.286. The van der Waals surface area contributed by atoms with Crippen molar-refractivity contribution in [3.63, 3.8) is 0 Å². The average Bonchev–Trinajstić information content (AvgIpc) is 3.28. The number of carbonyl (C=O) groups is 2. The zero-order valence-corrected chi connectivity index (χ0v) is 16.2. The van der Waals surface area contributed by atoms with E-state index in [0.717, 1.165) is 23.2 Å². The van der Waals surface area contributed by atoms with Crippen molar-refractivity contribution in [2.24, 2.45) is 7.05 Å². The summed E-state index contributed by atoms with van der Waals surface area (Å²) in [6.45, 7) is 0.388. The molecule has 156 valence electrons. The Bertz CT molecular complexity index is 1140. The van der Waals surface area contributed by atoms with Crippen LogP contribution in [0.4, 0.5) is 18.9 Å². The van der Waals surface area contributed by atoms with Crippen LogP contribution in [0.3, 0.4) is 0 Å². The molecule has 1 saturated heterocycles. The minimum atomic E-state index is -4.63. The number of hydrogen-bond donors (Lipinski definition) is 1. The Morgan fingerprint density at radius 2 is 1.97 bits per heavy atom. The molecule has 9 heteroatoms. The molecule has 3 aromatic rings. The van der Waals surface area contributed by atoms with Crippen molar-refractivity contribution in [3.8, 4) is 0 Å². The van der Waals surface area contributed by atoms with Gasteiger partial charge in [-0.05, 0) is 36.8 Å². The van der Waals surface area contributed by atoms with Gasteiger partial charge >= 0.3 is 6.18 Å². The van der Waals surface area contributed by atoms with E-state index in [4.69, 9.17) is 0 Å². The van der Waals surface area contributed by atoms with Crippen molar-refractivity contribution in [2.45, 2.75) is 25.6 Å². The van der Waals surface area contributed by atoms with Gasteiger partial charge in [-0.1, -0.05) is 12.1 Å². The number of imidazole rings is 1. The van der Waals surface area contributed by atoms with Crippen molar-refractivity contribution in [2.75, 3.05) is 11.4 Å². The molecule has 1 fully saturated rings. The number of nitrogens with zero attached hydrogens (tertiary/aromatic N) is 3. The van der Waals surface area contributed by atoms with Crippen molar-refractivity contribution >= 4 is 28.5 Å². The highest BCUT2D eigenvalue weighted by Crippen LogP contribution is 2.34. The topological polar surface area (TPSA) is 67.2 Å². The third kappa shape index (κ3) is 3.74. The maximum Gasteiger partial charge on any atom is 0.416 e. The molecule has 1 aromatic heterocycles. The highest BCUT2D eigenvalue weighted by Gasteiger charge is 2.33. The van der Waals surface area contributed by atoms with E-state index in [1.165, 1.54) is 11.0 Å². The smallest absolute Gasteiger partial charge is 0.345 e. The number of fused-ring (bicyclic) bond motifs is 1. The second-order valence-electron chi connectivity index (χ2n) is 7.17. The zero-order chi connectivity index (χ0) is 21.5. The predicted molar refractivity (Wildman–Crippen MR) is 105 cm³/mol. The molecule has 0 radical (unpaired) electrons. The molecule has 1 N–H and O–H groups in total. The second kappa shape index (κ2) is 7.47. The first kappa shape index (κ1) is 19.9. The lowest BCUT2D eigenvalue weighted by molar-refractivity contribution is -0.137. The van der Waals surface area contributed by atoms with Gasteiger partial charge in [0.1, 0.15) is 5.82 Å². The van der Waals surface area contributed by atoms with Gasteiger partial charge in [-0.3, -0.25) is 9.59 Å². The largest absolute Gasteiger partial charge is 0.416 e. The van der Waals surface area contributed by atoms with Crippen molar-refractivity contribution in [1.29, 1.82) is 0 Å². The summed E-state index contributed by atoms with van der Waals surface area (Å²) in [6, 6.07) is 10.5. The van der Waals surface area contributed by atoms with Crippen LogP contribution in [0.1, 0.15) is 34.6 Å². The molecular weight excluding hydrogens is 397 g/mol. The molecule has 1 aliphatic heterocycles. The Kier molecular flexibility index (Phi) is 4.97. The van der Waals surface area contributed by atoms with Crippen molar-refractivity contribution < 1.29 is 22.8 Å². The van der Waals surface area contributed by atoms with Gasteiger partial charge in [0.25, 0.3) is 5.91 Å². The minimum absolute atomic E-state index is 0.0538. The lowest BCUT2D eigenvalue weighted by atomic mass is 10.1. The summed E-state index contributed by atoms with van der Waals surface area (Å²) in [5.41, 5.74) is 0.611. The highest BCUT2D eigenvalue weighted by molar-refractivity contribution is 5.99. The molecule has 0 aliphatic carbocycles. The Morgan fingerprint density at radius 1 is 1.20 bits per heavy atom. The second-order valence-corrected chi connectivity index (χ2v) is 7.17. The van der Waals surface area contributed by atoms with Gasteiger partial charge in [-0.25, -0.2) is 4.98 Å². The lowest BCUT2D eigenvalue weighted by Gasteiger charge is -2.19. The number of benzene rings is 2. The maximum atomic E-state index is 13.4. The molecule has 30 heavy (non-hydrogen) atoms. The first-order chi connectivity index (χ1) is 14.2. The summed E-state index contributed by atoms with van der Waals surface area (Å²) >= 11 is 0. The van der Waals surface area contributed by atoms with E-state index in [0.29, 0.717) is 18.8 Å². The van der Waals surface area contributed by atoms with Gasteiger partial charge in [0, 0.05) is 31.3 Å². The van der Waals surface area contributed by atoms with E-state index in [1.54, 1.807) is 7.05 Å². The van der Waals surface area contributed by atoms with Gasteiger partial charge in [0.05, 0.1) is 23.1 Å². The Morgan fingerprint density at radius 3 is 2.63 bits per heavy atom. The quantitative estimate of drug-likeness (QED) is 0.706. The van der Waals surface area contributed by atoms with Gasteiger partial charge in [-0.15, -0.1) is 0 Å². The van der Waals surface area contributed by atoms with Crippen molar-refractivity contribution in [3.05, 3.63) is 59.4 Å². The first-order valence-corrected chi connectivity index (χ1v) is 9.45. The van der Waals surface area contributed by atoms with Crippen molar-refractivity contribution in [1.82, 2.24) is 14.9 Å². The third-order valence-corrected chi connectivity index (χ3v) is 5.18. The number of halogens is 3. The molecule has 2 heterocycles. The third-order valence-electron chi connectivity index (χ3n) is 5.18. The average molecular weight is 416 g/mol. The van der Waals surface area contributed by atoms with E-state index >= 15 is 0 Å². The molecular formula is C21H19F3N4O2. The normalized spacial score (nSPS) is 14.5. The van der Waals surface area contributed by atoms with Crippen LogP contribution in [0.25, 0.3) is 11.0 Å². The summed E-state index contributed by atoms with van der Waals surface area (Å²) in [7, 11) is 1.80. The van der Waals surface area contributed by atoms with E-state index in [1.807, 2.05) is 28.8 Å². The van der Waals surface area contributed by atoms with Gasteiger partial charge < -0.3 is 14.8 Å². The molecule has 0 unspecified atom stereocenters. The number of aromatic nitrogens is 2. The van der Waals surface area contributed by atoms with Crippen LogP contribution >= 0.6 is 0 Å². The van der Waals surface area contributed by atoms with E-state index < -0.39 is 17.6 Å². The number of carbonyl (C=O) groups excluding carboxylic acids is 2. The fourth-order valence-electron chi connectivity index (χ4n) is 3.60. The monoisotopic (exact) mass is 416 g/mol. The Labute approximate surface area is 170 Å². The Balaban J connectivity index is 1.60. The highest BCUT2D eigenvalue weighted by atomic mass is 19.4. The van der Waals surface area contributed by atoms with Crippen LogP contribution in [0.2, 0.25) is 0 Å². The summed E-state index contributed by atoms with van der Waals surface area (Å²) in [6.07, 6.45) is -3.78. The fourth-order valence-corrected chi connectivity index (χ4v) is 3.60. The zero-order valence-electron chi connectivity index (χ0n) is 16.2. The van der Waals surface area contributed by atoms with Crippen LogP contribution in [0.5, 0.6) is 0 Å². The number of amides is 2. The molecule has 0 spiro atoms. The number of alkyl halides is 3. The molecule has 0 atom stereocenters. The first-order valence-electron chi connectivity index (χ1n) is 9.45. The number of nitrogens with one attached hydrogen (secondary N) is 1. The molecule has 6 nitrogen and oxygen atoms in total. The summed E-state index contributed by atoms with van der Waals surface area (Å²) in [4.78, 5) is 30.4. The number of hydrogen-bond acceptors (Lipinski definition) is 3. The van der Waals surface area contributed by atoms with Crippen LogP contribution in [-0.4, -0.2) is 27.9 Å². The Hall–Kier alpha value is -3.36. The van der Waals surface area contributed by atoms with Gasteiger partial charge in [-0.2, -0.15) is 13.2 Å². The minimum Gasteiger partial charge on any atom is -0.345 e. The maximum absolute atomic E-state index is 13.4. The number of aryl methyl sites for hydroxylation is 1. The summed E-state index contributed by atoms with van der Waals surface area (Å²) in [5, 5.41) is 2.63. The molecule has 0 bridgehead atoms.